The highest BCUT2D eigenvalue weighted by atomic mass is 19.4. The fourth-order valence-electron chi connectivity index (χ4n) is 3.97. The number of hydrogen-bond acceptors (Lipinski definition) is 7. The molecule has 1 aliphatic heterocycles. The third-order valence-electron chi connectivity index (χ3n) is 5.72. The Morgan fingerprint density at radius 2 is 1.83 bits per heavy atom. The van der Waals surface area contributed by atoms with Gasteiger partial charge in [-0.15, -0.1) is 0 Å². The van der Waals surface area contributed by atoms with Crippen LogP contribution >= 0.6 is 0 Å². The zero-order chi connectivity index (χ0) is 26.1. The van der Waals surface area contributed by atoms with Crippen molar-refractivity contribution in [2.75, 3.05) is 16.8 Å². The fourth-order valence-corrected chi connectivity index (χ4v) is 3.97. The summed E-state index contributed by atoms with van der Waals surface area (Å²) in [5, 5.41) is 12.5. The molecule has 4 heterocycles. The van der Waals surface area contributed by atoms with Crippen LogP contribution in [-0.2, 0) is 31.9 Å². The van der Waals surface area contributed by atoms with Crippen molar-refractivity contribution in [3.8, 4) is 0 Å². The van der Waals surface area contributed by atoms with E-state index in [0.29, 0.717) is 38.9 Å². The summed E-state index contributed by atoms with van der Waals surface area (Å²) < 4.78 is 79.5. The van der Waals surface area contributed by atoms with Crippen LogP contribution < -0.4 is 15.8 Å². The minimum absolute atomic E-state index is 0.203. The molecule has 15 heteroatoms. The lowest BCUT2D eigenvalue weighted by atomic mass is 10.1. The lowest BCUT2D eigenvalue weighted by molar-refractivity contribution is -0.139. The number of halogens is 6. The van der Waals surface area contributed by atoms with E-state index in [4.69, 9.17) is 0 Å². The standard InChI is InChI=1S/C21H22F6N8O/c1-12(31-16-9-30-32-18(36)17(16)21(25,26)27)3-2-5-35-11-13-10-34(6-4-15(13)33-35)19-28-7-14(8-29-19)20(22,23)24/h7-9,11-12H,2-6,10H2,1H3,(H2,31,32,36). The van der Waals surface area contributed by atoms with Gasteiger partial charge in [-0.2, -0.15) is 36.5 Å². The maximum absolute atomic E-state index is 13.2. The van der Waals surface area contributed by atoms with Crippen molar-refractivity contribution in [3.05, 3.63) is 57.5 Å². The average Bonchev–Trinajstić information content (AvgIpc) is 3.19. The normalized spacial score (nSPS) is 15.0. The summed E-state index contributed by atoms with van der Waals surface area (Å²) in [6, 6.07) is -0.368. The van der Waals surface area contributed by atoms with Crippen molar-refractivity contribution in [1.29, 1.82) is 0 Å². The van der Waals surface area contributed by atoms with Crippen molar-refractivity contribution in [3.63, 3.8) is 0 Å². The van der Waals surface area contributed by atoms with Crippen LogP contribution in [0.5, 0.6) is 0 Å². The van der Waals surface area contributed by atoms with E-state index in [0.717, 1.165) is 29.8 Å². The fraction of sp³-hybridized carbons (Fsp3) is 0.476. The van der Waals surface area contributed by atoms with E-state index in [1.54, 1.807) is 21.6 Å². The summed E-state index contributed by atoms with van der Waals surface area (Å²) in [7, 11) is 0. The molecule has 0 fully saturated rings. The molecule has 9 nitrogen and oxygen atoms in total. The molecule has 0 saturated heterocycles. The van der Waals surface area contributed by atoms with Gasteiger partial charge in [-0.1, -0.05) is 0 Å². The summed E-state index contributed by atoms with van der Waals surface area (Å²) >= 11 is 0. The molecule has 2 N–H and O–H groups in total. The Labute approximate surface area is 200 Å². The third kappa shape index (κ3) is 5.76. The van der Waals surface area contributed by atoms with Crippen LogP contribution in [0.1, 0.15) is 42.1 Å². The van der Waals surface area contributed by atoms with Crippen molar-refractivity contribution in [1.82, 2.24) is 29.9 Å². The van der Waals surface area contributed by atoms with Gasteiger partial charge in [-0.25, -0.2) is 15.1 Å². The molecule has 0 aromatic carbocycles. The highest BCUT2D eigenvalue weighted by molar-refractivity contribution is 5.50. The largest absolute Gasteiger partial charge is 0.423 e. The summed E-state index contributed by atoms with van der Waals surface area (Å²) in [6.45, 7) is 3.11. The summed E-state index contributed by atoms with van der Waals surface area (Å²) in [6.07, 6.45) is -3.35. The smallest absolute Gasteiger partial charge is 0.381 e. The van der Waals surface area contributed by atoms with Crippen LogP contribution in [0.25, 0.3) is 0 Å². The Balaban J connectivity index is 1.32. The van der Waals surface area contributed by atoms with E-state index < -0.39 is 29.0 Å². The number of hydrogen-bond donors (Lipinski definition) is 2. The molecule has 4 rings (SSSR count). The van der Waals surface area contributed by atoms with Crippen LogP contribution in [0.4, 0.5) is 38.0 Å². The topological polar surface area (TPSA) is 105 Å². The Bertz CT molecular complexity index is 1250. The van der Waals surface area contributed by atoms with Gasteiger partial charge >= 0.3 is 12.4 Å². The molecular formula is C21H22F6N8O. The first-order valence-electron chi connectivity index (χ1n) is 11.0. The number of nitrogens with zero attached hydrogens (tertiary/aromatic N) is 6. The number of alkyl halides is 6. The number of aromatic nitrogens is 6. The van der Waals surface area contributed by atoms with Gasteiger partial charge in [0.25, 0.3) is 5.56 Å². The molecule has 0 bridgehead atoms. The number of rotatable bonds is 7. The van der Waals surface area contributed by atoms with Gasteiger partial charge in [0.15, 0.2) is 0 Å². The van der Waals surface area contributed by atoms with Gasteiger partial charge in [-0.3, -0.25) is 9.48 Å². The van der Waals surface area contributed by atoms with Gasteiger partial charge < -0.3 is 10.2 Å². The van der Waals surface area contributed by atoms with E-state index in [9.17, 15) is 31.1 Å². The maximum atomic E-state index is 13.2. The van der Waals surface area contributed by atoms with E-state index in [1.165, 1.54) is 0 Å². The van der Waals surface area contributed by atoms with Crippen molar-refractivity contribution >= 4 is 11.6 Å². The Morgan fingerprint density at radius 1 is 1.11 bits per heavy atom. The number of nitrogens with one attached hydrogen (secondary N) is 2. The second-order valence-corrected chi connectivity index (χ2v) is 8.48. The molecule has 3 aromatic heterocycles. The molecule has 1 unspecified atom stereocenters. The molecule has 0 radical (unpaired) electrons. The Hall–Kier alpha value is -3.65. The molecule has 1 atom stereocenters. The number of anilines is 2. The second-order valence-electron chi connectivity index (χ2n) is 8.48. The van der Waals surface area contributed by atoms with Crippen molar-refractivity contribution in [2.24, 2.45) is 0 Å². The highest BCUT2D eigenvalue weighted by Crippen LogP contribution is 2.32. The molecule has 0 spiro atoms. The van der Waals surface area contributed by atoms with E-state index in [-0.39, 0.29) is 17.7 Å². The highest BCUT2D eigenvalue weighted by Gasteiger charge is 2.37. The average molecular weight is 516 g/mol. The first-order chi connectivity index (χ1) is 16.9. The molecule has 194 valence electrons. The van der Waals surface area contributed by atoms with Crippen LogP contribution in [0, 0.1) is 0 Å². The molecule has 0 aliphatic carbocycles. The van der Waals surface area contributed by atoms with Crippen molar-refractivity contribution < 1.29 is 26.3 Å². The number of fused-ring (bicyclic) bond motifs is 1. The maximum Gasteiger partial charge on any atom is 0.423 e. The summed E-state index contributed by atoms with van der Waals surface area (Å²) in [5.74, 6) is 0.203. The van der Waals surface area contributed by atoms with Gasteiger partial charge in [-0.05, 0) is 19.8 Å². The minimum atomic E-state index is -4.81. The number of aromatic amines is 1. The van der Waals surface area contributed by atoms with E-state index >= 15 is 0 Å². The number of aryl methyl sites for hydroxylation is 1. The second kappa shape index (κ2) is 9.78. The predicted molar refractivity (Wildman–Crippen MR) is 116 cm³/mol. The molecule has 0 saturated carbocycles. The van der Waals surface area contributed by atoms with Gasteiger partial charge in [0.05, 0.1) is 23.1 Å². The number of H-pyrrole nitrogens is 1. The van der Waals surface area contributed by atoms with Crippen LogP contribution in [-0.4, -0.2) is 42.5 Å². The SMILES string of the molecule is CC(CCCn1cc2c(n1)CCN(c1ncc(C(F)(F)F)cn1)C2)Nc1cn[nH]c(=O)c1C(F)(F)F. The molecule has 3 aromatic rings. The first-order valence-corrected chi connectivity index (χ1v) is 11.0. The minimum Gasteiger partial charge on any atom is -0.381 e. The van der Waals surface area contributed by atoms with Crippen molar-refractivity contribution in [2.45, 2.75) is 57.7 Å². The summed E-state index contributed by atoms with van der Waals surface area (Å²) in [5.41, 5.74) is -2.14. The van der Waals surface area contributed by atoms with Gasteiger partial charge in [0.2, 0.25) is 5.95 Å². The first kappa shape index (κ1) is 25.4. The lowest BCUT2D eigenvalue weighted by Gasteiger charge is -2.26. The van der Waals surface area contributed by atoms with E-state index in [1.807, 2.05) is 6.20 Å². The van der Waals surface area contributed by atoms with Crippen LogP contribution in [0.15, 0.2) is 29.6 Å². The van der Waals surface area contributed by atoms with Crippen LogP contribution in [0.3, 0.4) is 0 Å². The zero-order valence-electron chi connectivity index (χ0n) is 19.0. The van der Waals surface area contributed by atoms with E-state index in [2.05, 4.69) is 25.5 Å². The van der Waals surface area contributed by atoms with Crippen LogP contribution in [0.2, 0.25) is 0 Å². The quantitative estimate of drug-likeness (QED) is 0.462. The predicted octanol–water partition coefficient (Wildman–Crippen LogP) is 3.64. The Morgan fingerprint density at radius 3 is 2.50 bits per heavy atom. The molecular weight excluding hydrogens is 494 g/mol. The molecule has 1 aliphatic rings. The Kier molecular flexibility index (Phi) is 6.91. The van der Waals surface area contributed by atoms with Gasteiger partial charge in [0, 0.05) is 56.3 Å². The van der Waals surface area contributed by atoms with Gasteiger partial charge in [0.1, 0.15) is 5.56 Å². The third-order valence-corrected chi connectivity index (χ3v) is 5.72. The lowest BCUT2D eigenvalue weighted by Crippen LogP contribution is -2.31. The summed E-state index contributed by atoms with van der Waals surface area (Å²) in [4.78, 5) is 21.0. The molecule has 0 amide bonds. The molecule has 36 heavy (non-hydrogen) atoms. The zero-order valence-corrected chi connectivity index (χ0v) is 19.0. The monoisotopic (exact) mass is 516 g/mol.